The molecule has 0 aliphatic heterocycles. The van der Waals surface area contributed by atoms with E-state index >= 15 is 0 Å². The highest BCUT2D eigenvalue weighted by molar-refractivity contribution is 6.30. The van der Waals surface area contributed by atoms with E-state index in [0.29, 0.717) is 18.4 Å². The zero-order valence-corrected chi connectivity index (χ0v) is 10.3. The lowest BCUT2D eigenvalue weighted by molar-refractivity contribution is -0.136. The molecule has 2 rings (SSSR count). The highest BCUT2D eigenvalue weighted by Crippen LogP contribution is 2.32. The van der Waals surface area contributed by atoms with Gasteiger partial charge in [-0.15, -0.1) is 0 Å². The predicted molar refractivity (Wildman–Crippen MR) is 68.5 cm³/mol. The topological polar surface area (TPSA) is 26.3 Å². The molecule has 17 heavy (non-hydrogen) atoms. The Balaban J connectivity index is 2.51. The Hall–Kier alpha value is -1.54. The van der Waals surface area contributed by atoms with Gasteiger partial charge in [-0.3, -0.25) is 0 Å². The van der Waals surface area contributed by atoms with Crippen LogP contribution in [0.15, 0.2) is 47.0 Å². The summed E-state index contributed by atoms with van der Waals surface area (Å²) in [6, 6.07) is 9.74. The molecule has 1 aliphatic rings. The molecule has 1 aromatic rings. The first-order chi connectivity index (χ1) is 8.22. The largest absolute Gasteiger partial charge is 0.466 e. The van der Waals surface area contributed by atoms with E-state index in [-0.39, 0.29) is 5.97 Å². The highest BCUT2D eigenvalue weighted by Gasteiger charge is 2.20. The van der Waals surface area contributed by atoms with Crippen molar-refractivity contribution in [3.8, 4) is 0 Å². The van der Waals surface area contributed by atoms with Crippen LogP contribution in [0, 0.1) is 0 Å². The smallest absolute Gasteiger partial charge is 0.334 e. The van der Waals surface area contributed by atoms with Crippen molar-refractivity contribution in [1.82, 2.24) is 0 Å². The summed E-state index contributed by atoms with van der Waals surface area (Å²) in [6.45, 7) is 0. The Bertz CT molecular complexity index is 486. The summed E-state index contributed by atoms with van der Waals surface area (Å²) < 4.78 is 4.81. The number of hydrogen-bond donors (Lipinski definition) is 0. The van der Waals surface area contributed by atoms with Crippen LogP contribution < -0.4 is 0 Å². The van der Waals surface area contributed by atoms with E-state index in [9.17, 15) is 4.79 Å². The van der Waals surface area contributed by atoms with Gasteiger partial charge in [0.1, 0.15) is 0 Å². The van der Waals surface area contributed by atoms with Crippen molar-refractivity contribution in [2.24, 2.45) is 0 Å². The molecule has 2 nitrogen and oxygen atoms in total. The minimum absolute atomic E-state index is 0.274. The van der Waals surface area contributed by atoms with Gasteiger partial charge >= 0.3 is 5.97 Å². The van der Waals surface area contributed by atoms with E-state index in [1.165, 1.54) is 7.11 Å². The molecule has 0 N–H and O–H groups in total. The third-order valence-corrected chi connectivity index (χ3v) is 3.05. The molecule has 0 bridgehead atoms. The van der Waals surface area contributed by atoms with Crippen LogP contribution in [-0.2, 0) is 9.53 Å². The summed E-state index contributed by atoms with van der Waals surface area (Å²) in [7, 11) is 1.40. The monoisotopic (exact) mass is 248 g/mol. The lowest BCUT2D eigenvalue weighted by Gasteiger charge is -2.16. The summed E-state index contributed by atoms with van der Waals surface area (Å²) >= 11 is 6.05. The molecular formula is C14H13ClO2. The fraction of sp³-hybridized carbons (Fsp3) is 0.214. The number of rotatable bonds is 2. The fourth-order valence-corrected chi connectivity index (χ4v) is 2.11. The summed E-state index contributed by atoms with van der Waals surface area (Å²) in [5.41, 5.74) is 2.56. The second-order valence-electron chi connectivity index (χ2n) is 3.84. The normalized spacial score (nSPS) is 15.5. The Kier molecular flexibility index (Phi) is 3.64. The molecule has 0 spiro atoms. The van der Waals surface area contributed by atoms with E-state index in [2.05, 4.69) is 0 Å². The van der Waals surface area contributed by atoms with Gasteiger partial charge in [-0.25, -0.2) is 4.79 Å². The molecule has 0 aromatic heterocycles. The van der Waals surface area contributed by atoms with Crippen LogP contribution in [-0.4, -0.2) is 13.1 Å². The maximum Gasteiger partial charge on any atom is 0.334 e. The summed E-state index contributed by atoms with van der Waals surface area (Å²) in [5, 5.41) is 0.775. The van der Waals surface area contributed by atoms with Crippen molar-refractivity contribution in [3.05, 3.63) is 52.6 Å². The van der Waals surface area contributed by atoms with Gasteiger partial charge in [-0.2, -0.15) is 0 Å². The summed E-state index contributed by atoms with van der Waals surface area (Å²) in [4.78, 5) is 11.7. The zero-order chi connectivity index (χ0) is 12.3. The number of hydrogen-bond acceptors (Lipinski definition) is 2. The van der Waals surface area contributed by atoms with Gasteiger partial charge < -0.3 is 4.74 Å². The maximum absolute atomic E-state index is 11.7. The number of carbonyl (C=O) groups excluding carboxylic acids is 1. The summed E-state index contributed by atoms with van der Waals surface area (Å²) in [5.74, 6) is -0.274. The van der Waals surface area contributed by atoms with Gasteiger partial charge in [0.05, 0.1) is 7.11 Å². The molecule has 0 amide bonds. The number of benzene rings is 1. The lowest BCUT2D eigenvalue weighted by atomic mass is 9.92. The molecule has 0 atom stereocenters. The first kappa shape index (κ1) is 11.9. The number of carbonyl (C=O) groups is 1. The van der Waals surface area contributed by atoms with Crippen LogP contribution in [0.25, 0.3) is 5.57 Å². The van der Waals surface area contributed by atoms with Gasteiger partial charge in [0.15, 0.2) is 0 Å². The van der Waals surface area contributed by atoms with Crippen molar-refractivity contribution in [2.75, 3.05) is 7.11 Å². The van der Waals surface area contributed by atoms with E-state index in [0.717, 1.165) is 16.2 Å². The van der Waals surface area contributed by atoms with Crippen LogP contribution in [0.1, 0.15) is 18.4 Å². The standard InChI is InChI=1S/C14H13ClO2/c1-17-14(16)12-8-7-11(15)9-13(12)10-5-3-2-4-6-10/h2-6,9H,7-8H2,1H3. The van der Waals surface area contributed by atoms with Gasteiger partial charge in [0.25, 0.3) is 0 Å². The molecule has 3 heteroatoms. The SMILES string of the molecule is COC(=O)C1=C(c2ccccc2)C=C(Cl)CC1. The molecule has 0 unspecified atom stereocenters. The van der Waals surface area contributed by atoms with Crippen LogP contribution in [0.3, 0.4) is 0 Å². The molecule has 1 aromatic carbocycles. The maximum atomic E-state index is 11.7. The Labute approximate surface area is 106 Å². The minimum Gasteiger partial charge on any atom is -0.466 e. The number of halogens is 1. The van der Waals surface area contributed by atoms with Crippen LogP contribution in [0.4, 0.5) is 0 Å². The van der Waals surface area contributed by atoms with Crippen molar-refractivity contribution in [2.45, 2.75) is 12.8 Å². The third-order valence-electron chi connectivity index (χ3n) is 2.76. The lowest BCUT2D eigenvalue weighted by Crippen LogP contribution is -2.09. The van der Waals surface area contributed by atoms with E-state index in [1.54, 1.807) is 0 Å². The van der Waals surface area contributed by atoms with E-state index < -0.39 is 0 Å². The Morgan fingerprint density at radius 3 is 2.59 bits per heavy atom. The summed E-state index contributed by atoms with van der Waals surface area (Å²) in [6.07, 6.45) is 3.18. The fourth-order valence-electron chi connectivity index (χ4n) is 1.91. The molecule has 0 saturated heterocycles. The van der Waals surface area contributed by atoms with Gasteiger partial charge in [-0.05, 0) is 30.1 Å². The van der Waals surface area contributed by atoms with Crippen LogP contribution >= 0.6 is 11.6 Å². The van der Waals surface area contributed by atoms with Crippen molar-refractivity contribution < 1.29 is 9.53 Å². The average Bonchev–Trinajstić information content (AvgIpc) is 2.39. The molecule has 88 valence electrons. The number of allylic oxidation sites excluding steroid dienone is 3. The van der Waals surface area contributed by atoms with Gasteiger partial charge in [-0.1, -0.05) is 41.9 Å². The van der Waals surface area contributed by atoms with Crippen molar-refractivity contribution in [3.63, 3.8) is 0 Å². The first-order valence-electron chi connectivity index (χ1n) is 5.45. The molecule has 0 saturated carbocycles. The quantitative estimate of drug-likeness (QED) is 0.749. The predicted octanol–water partition coefficient (Wildman–Crippen LogP) is 3.53. The van der Waals surface area contributed by atoms with Gasteiger partial charge in [0, 0.05) is 10.6 Å². The second kappa shape index (κ2) is 5.19. The second-order valence-corrected chi connectivity index (χ2v) is 4.33. The average molecular weight is 249 g/mol. The molecule has 0 heterocycles. The molecular weight excluding hydrogens is 236 g/mol. The van der Waals surface area contributed by atoms with Crippen LogP contribution in [0.2, 0.25) is 0 Å². The highest BCUT2D eigenvalue weighted by atomic mass is 35.5. The third kappa shape index (κ3) is 2.59. The van der Waals surface area contributed by atoms with Crippen LogP contribution in [0.5, 0.6) is 0 Å². The van der Waals surface area contributed by atoms with Crippen molar-refractivity contribution >= 4 is 23.1 Å². The molecule has 1 aliphatic carbocycles. The van der Waals surface area contributed by atoms with Gasteiger partial charge in [0.2, 0.25) is 0 Å². The minimum atomic E-state index is -0.274. The number of esters is 1. The number of ether oxygens (including phenoxy) is 1. The molecule has 0 radical (unpaired) electrons. The Morgan fingerprint density at radius 1 is 1.24 bits per heavy atom. The van der Waals surface area contributed by atoms with E-state index in [4.69, 9.17) is 16.3 Å². The number of methoxy groups -OCH3 is 1. The van der Waals surface area contributed by atoms with Crippen molar-refractivity contribution in [1.29, 1.82) is 0 Å². The Morgan fingerprint density at radius 2 is 1.94 bits per heavy atom. The molecule has 0 fully saturated rings. The zero-order valence-electron chi connectivity index (χ0n) is 9.57. The first-order valence-corrected chi connectivity index (χ1v) is 5.83. The van der Waals surface area contributed by atoms with E-state index in [1.807, 2.05) is 36.4 Å².